The summed E-state index contributed by atoms with van der Waals surface area (Å²) in [5.74, 6) is -1.31. The highest BCUT2D eigenvalue weighted by atomic mass is 19.1. The molecule has 0 amide bonds. The maximum Gasteiger partial charge on any atom is 0.314 e. The van der Waals surface area contributed by atoms with E-state index in [1.165, 1.54) is 0 Å². The molecule has 1 heterocycles. The first-order chi connectivity index (χ1) is 8.54. The first-order valence-electron chi connectivity index (χ1n) is 6.06. The monoisotopic (exact) mass is 247 g/mol. The first-order valence-corrected chi connectivity index (χ1v) is 6.06. The molecular weight excluding hydrogens is 233 g/mol. The SMILES string of the molecule is Cc1cc2c(F)c(C3(C(=O)O)CCC3)ccc2[nH]1. The number of carboxylic acid groups (broad SMARTS) is 1. The summed E-state index contributed by atoms with van der Waals surface area (Å²) >= 11 is 0. The van der Waals surface area contributed by atoms with Crippen molar-refractivity contribution in [3.63, 3.8) is 0 Å². The van der Waals surface area contributed by atoms with Crippen molar-refractivity contribution in [2.24, 2.45) is 0 Å². The highest BCUT2D eigenvalue weighted by molar-refractivity contribution is 5.87. The molecule has 1 aromatic heterocycles. The van der Waals surface area contributed by atoms with E-state index >= 15 is 0 Å². The van der Waals surface area contributed by atoms with Crippen LogP contribution in [0.4, 0.5) is 4.39 Å². The predicted octanol–water partition coefficient (Wildman–Crippen LogP) is 3.12. The summed E-state index contributed by atoms with van der Waals surface area (Å²) in [6, 6.07) is 5.10. The van der Waals surface area contributed by atoms with Gasteiger partial charge in [0.05, 0.1) is 5.41 Å². The van der Waals surface area contributed by atoms with E-state index in [1.807, 2.05) is 6.92 Å². The van der Waals surface area contributed by atoms with Crippen LogP contribution in [-0.4, -0.2) is 16.1 Å². The highest BCUT2D eigenvalue weighted by Crippen LogP contribution is 2.46. The molecule has 1 aliphatic rings. The van der Waals surface area contributed by atoms with Crippen molar-refractivity contribution in [2.75, 3.05) is 0 Å². The molecule has 0 saturated heterocycles. The van der Waals surface area contributed by atoms with Gasteiger partial charge in [-0.15, -0.1) is 0 Å². The van der Waals surface area contributed by atoms with E-state index in [2.05, 4.69) is 4.98 Å². The second-order valence-corrected chi connectivity index (χ2v) is 5.08. The lowest BCUT2D eigenvalue weighted by Crippen LogP contribution is -2.43. The summed E-state index contributed by atoms with van der Waals surface area (Å²) in [5.41, 5.74) is 0.907. The second kappa shape index (κ2) is 3.57. The minimum Gasteiger partial charge on any atom is -0.481 e. The summed E-state index contributed by atoms with van der Waals surface area (Å²) in [6.45, 7) is 1.86. The number of halogens is 1. The van der Waals surface area contributed by atoms with Gasteiger partial charge in [0.2, 0.25) is 0 Å². The zero-order chi connectivity index (χ0) is 12.9. The smallest absolute Gasteiger partial charge is 0.314 e. The molecule has 3 nitrogen and oxygen atoms in total. The lowest BCUT2D eigenvalue weighted by Gasteiger charge is -2.38. The summed E-state index contributed by atoms with van der Waals surface area (Å²) < 4.78 is 14.5. The average molecular weight is 247 g/mol. The topological polar surface area (TPSA) is 53.1 Å². The standard InChI is InChI=1S/C14H14FNO2/c1-8-7-9-11(16-8)4-3-10(12(9)15)14(13(17)18)5-2-6-14/h3-4,7,16H,2,5-6H2,1H3,(H,17,18). The van der Waals surface area contributed by atoms with Crippen molar-refractivity contribution in [1.29, 1.82) is 0 Å². The Morgan fingerprint density at radius 3 is 2.72 bits per heavy atom. The van der Waals surface area contributed by atoms with Crippen molar-refractivity contribution in [1.82, 2.24) is 4.98 Å². The zero-order valence-corrected chi connectivity index (χ0v) is 10.1. The van der Waals surface area contributed by atoms with Crippen molar-refractivity contribution in [2.45, 2.75) is 31.6 Å². The van der Waals surface area contributed by atoms with E-state index in [-0.39, 0.29) is 5.82 Å². The Morgan fingerprint density at radius 2 is 2.17 bits per heavy atom. The number of carbonyl (C=O) groups is 1. The minimum atomic E-state index is -1.01. The Balaban J connectivity index is 2.23. The van der Waals surface area contributed by atoms with E-state index < -0.39 is 11.4 Å². The number of fused-ring (bicyclic) bond motifs is 1. The fourth-order valence-corrected chi connectivity index (χ4v) is 2.81. The molecule has 4 heteroatoms. The van der Waals surface area contributed by atoms with Crippen LogP contribution in [0.3, 0.4) is 0 Å². The number of carboxylic acids is 1. The molecule has 1 saturated carbocycles. The van der Waals surface area contributed by atoms with Crippen LogP contribution < -0.4 is 0 Å². The normalized spacial score (nSPS) is 17.7. The van der Waals surface area contributed by atoms with Gasteiger partial charge in [0.1, 0.15) is 5.82 Å². The van der Waals surface area contributed by atoms with Gasteiger partial charge in [-0.3, -0.25) is 4.79 Å². The van der Waals surface area contributed by atoms with Crippen molar-refractivity contribution >= 4 is 16.9 Å². The highest BCUT2D eigenvalue weighted by Gasteiger charge is 2.47. The van der Waals surface area contributed by atoms with Crippen molar-refractivity contribution in [3.8, 4) is 0 Å². The average Bonchev–Trinajstić information content (AvgIpc) is 2.61. The molecule has 0 bridgehead atoms. The maximum atomic E-state index is 14.5. The number of aromatic nitrogens is 1. The quantitative estimate of drug-likeness (QED) is 0.856. The molecule has 1 fully saturated rings. The van der Waals surface area contributed by atoms with Crippen LogP contribution in [0.1, 0.15) is 30.5 Å². The summed E-state index contributed by atoms with van der Waals surface area (Å²) in [7, 11) is 0. The maximum absolute atomic E-state index is 14.5. The van der Waals surface area contributed by atoms with Crippen LogP contribution in [0.25, 0.3) is 10.9 Å². The molecule has 1 aromatic carbocycles. The molecule has 1 aliphatic carbocycles. The predicted molar refractivity (Wildman–Crippen MR) is 66.2 cm³/mol. The summed E-state index contributed by atoms with van der Waals surface area (Å²) in [5, 5.41) is 9.85. The Morgan fingerprint density at radius 1 is 1.44 bits per heavy atom. The lowest BCUT2D eigenvalue weighted by molar-refractivity contribution is -0.147. The third kappa shape index (κ3) is 1.32. The molecule has 0 aliphatic heterocycles. The van der Waals surface area contributed by atoms with Crippen LogP contribution >= 0.6 is 0 Å². The fraction of sp³-hybridized carbons (Fsp3) is 0.357. The number of H-pyrrole nitrogens is 1. The van der Waals surface area contributed by atoms with Gasteiger partial charge in [0, 0.05) is 22.2 Å². The van der Waals surface area contributed by atoms with Crippen LogP contribution in [0, 0.1) is 12.7 Å². The minimum absolute atomic E-state index is 0.327. The largest absolute Gasteiger partial charge is 0.481 e. The molecular formula is C14H14FNO2. The number of nitrogens with one attached hydrogen (secondary N) is 1. The molecule has 0 radical (unpaired) electrons. The van der Waals surface area contributed by atoms with Gasteiger partial charge in [0.25, 0.3) is 0 Å². The van der Waals surface area contributed by atoms with E-state index in [0.29, 0.717) is 29.3 Å². The number of aryl methyl sites for hydroxylation is 1. The Bertz CT molecular complexity index is 641. The summed E-state index contributed by atoms with van der Waals surface area (Å²) in [6.07, 6.45) is 1.89. The first kappa shape index (κ1) is 11.3. The van der Waals surface area contributed by atoms with Crippen LogP contribution in [0.2, 0.25) is 0 Å². The Labute approximate surface area is 104 Å². The van der Waals surface area contributed by atoms with E-state index in [1.54, 1.807) is 18.2 Å². The van der Waals surface area contributed by atoms with Gasteiger partial charge in [-0.05, 0) is 31.9 Å². The van der Waals surface area contributed by atoms with Gasteiger partial charge in [-0.1, -0.05) is 12.5 Å². The van der Waals surface area contributed by atoms with Gasteiger partial charge >= 0.3 is 5.97 Å². The van der Waals surface area contributed by atoms with Gasteiger partial charge < -0.3 is 10.1 Å². The molecule has 3 rings (SSSR count). The molecule has 0 unspecified atom stereocenters. The molecule has 2 N–H and O–H groups in total. The zero-order valence-electron chi connectivity index (χ0n) is 10.1. The van der Waals surface area contributed by atoms with Crippen molar-refractivity contribution in [3.05, 3.63) is 35.3 Å². The third-order valence-electron chi connectivity index (χ3n) is 4.00. The van der Waals surface area contributed by atoms with E-state index in [4.69, 9.17) is 0 Å². The lowest BCUT2D eigenvalue weighted by atomic mass is 9.64. The molecule has 0 spiro atoms. The van der Waals surface area contributed by atoms with E-state index in [9.17, 15) is 14.3 Å². The number of aromatic amines is 1. The summed E-state index contributed by atoms with van der Waals surface area (Å²) in [4.78, 5) is 14.5. The van der Waals surface area contributed by atoms with Gasteiger partial charge in [-0.2, -0.15) is 0 Å². The fourth-order valence-electron chi connectivity index (χ4n) is 2.81. The second-order valence-electron chi connectivity index (χ2n) is 5.08. The number of hydrogen-bond donors (Lipinski definition) is 2. The number of aliphatic carboxylic acids is 1. The number of hydrogen-bond acceptors (Lipinski definition) is 1. The molecule has 18 heavy (non-hydrogen) atoms. The Hall–Kier alpha value is -1.84. The third-order valence-corrected chi connectivity index (χ3v) is 4.00. The molecule has 0 atom stereocenters. The molecule has 94 valence electrons. The van der Waals surface area contributed by atoms with Crippen LogP contribution in [0.15, 0.2) is 18.2 Å². The number of rotatable bonds is 2. The van der Waals surface area contributed by atoms with Gasteiger partial charge in [-0.25, -0.2) is 4.39 Å². The van der Waals surface area contributed by atoms with Crippen LogP contribution in [-0.2, 0) is 10.2 Å². The van der Waals surface area contributed by atoms with Crippen LogP contribution in [0.5, 0.6) is 0 Å². The Kier molecular flexibility index (Phi) is 2.24. The number of benzene rings is 1. The van der Waals surface area contributed by atoms with Gasteiger partial charge in [0.15, 0.2) is 0 Å². The van der Waals surface area contributed by atoms with Crippen molar-refractivity contribution < 1.29 is 14.3 Å². The molecule has 2 aromatic rings. The van der Waals surface area contributed by atoms with E-state index in [0.717, 1.165) is 12.1 Å².